The van der Waals surface area contributed by atoms with Crippen molar-refractivity contribution in [2.75, 3.05) is 23.9 Å². The van der Waals surface area contributed by atoms with Crippen molar-refractivity contribution < 1.29 is 9.53 Å². The van der Waals surface area contributed by atoms with Crippen LogP contribution >= 0.6 is 11.6 Å². The highest BCUT2D eigenvalue weighted by molar-refractivity contribution is 6.30. The fraction of sp³-hybridized carbons (Fsp3) is 0.360. The molecule has 1 aliphatic heterocycles. The minimum absolute atomic E-state index is 0.00402. The predicted molar refractivity (Wildman–Crippen MR) is 127 cm³/mol. The molecule has 1 atom stereocenters. The molecule has 0 radical (unpaired) electrons. The number of carbonyl (C=O) groups excluding carboxylic acids is 1. The monoisotopic (exact) mass is 437 g/mol. The molecule has 0 spiro atoms. The third kappa shape index (κ3) is 4.70. The fourth-order valence-corrected chi connectivity index (χ4v) is 4.58. The van der Waals surface area contributed by atoms with Crippen molar-refractivity contribution in [1.82, 2.24) is 0 Å². The van der Waals surface area contributed by atoms with Gasteiger partial charge in [0.2, 0.25) is 0 Å². The largest absolute Gasteiger partial charge is 0.496 e. The van der Waals surface area contributed by atoms with Crippen molar-refractivity contribution in [3.05, 3.63) is 58.1 Å². The minimum Gasteiger partial charge on any atom is -0.496 e. The van der Waals surface area contributed by atoms with Crippen LogP contribution in [0, 0.1) is 11.3 Å². The first kappa shape index (κ1) is 22.7. The number of anilines is 2. The summed E-state index contributed by atoms with van der Waals surface area (Å²) in [5.41, 5.74) is 3.67. The summed E-state index contributed by atoms with van der Waals surface area (Å²) in [4.78, 5) is 15.1. The summed E-state index contributed by atoms with van der Waals surface area (Å²) in [6, 6.07) is 12.8. The van der Waals surface area contributed by atoms with E-state index >= 15 is 0 Å². The van der Waals surface area contributed by atoms with E-state index in [-0.39, 0.29) is 11.1 Å². The van der Waals surface area contributed by atoms with E-state index < -0.39 is 5.91 Å². The quantitative estimate of drug-likeness (QED) is 0.459. The third-order valence-corrected chi connectivity index (χ3v) is 6.07. The van der Waals surface area contributed by atoms with E-state index in [9.17, 15) is 10.1 Å². The first-order chi connectivity index (χ1) is 14.7. The van der Waals surface area contributed by atoms with Gasteiger partial charge in [-0.25, -0.2) is 0 Å². The number of nitrogens with one attached hydrogen (secondary N) is 1. The lowest BCUT2D eigenvalue weighted by molar-refractivity contribution is -0.112. The van der Waals surface area contributed by atoms with Gasteiger partial charge in [0.15, 0.2) is 0 Å². The summed E-state index contributed by atoms with van der Waals surface area (Å²) in [6.45, 7) is 9.76. The summed E-state index contributed by atoms with van der Waals surface area (Å²) < 4.78 is 5.64. The zero-order valence-electron chi connectivity index (χ0n) is 18.6. The van der Waals surface area contributed by atoms with Crippen molar-refractivity contribution >= 4 is 35.0 Å². The van der Waals surface area contributed by atoms with Crippen molar-refractivity contribution in [3.8, 4) is 11.8 Å². The minimum atomic E-state index is -0.478. The highest BCUT2D eigenvalue weighted by Gasteiger charge is 2.36. The number of hydrogen-bond donors (Lipinski definition) is 1. The lowest BCUT2D eigenvalue weighted by atomic mass is 9.79. The molecule has 0 fully saturated rings. The molecule has 1 N–H and O–H groups in total. The standard InChI is InChI=1S/C25H28ClN3O2/c1-6-29-22-13-23(31-5)17(12-21(22)16(2)14-25(29,3)4)11-18(15-27)24(30)28-20-9-7-19(26)8-10-20/h7-13,16H,6,14H2,1-5H3,(H,28,30)/b18-11+. The molecular formula is C25H28ClN3O2. The Bertz CT molecular complexity index is 1050. The van der Waals surface area contributed by atoms with Crippen molar-refractivity contribution in [2.45, 2.75) is 45.6 Å². The van der Waals surface area contributed by atoms with E-state index in [2.05, 4.69) is 37.9 Å². The SMILES string of the molecule is CCN1c2cc(OC)c(/C=C(\C#N)C(=O)Nc3ccc(Cl)cc3)cc2C(C)CC1(C)C. The normalized spacial score (nSPS) is 17.5. The van der Waals surface area contributed by atoms with E-state index in [0.717, 1.165) is 18.7 Å². The molecule has 1 amide bonds. The van der Waals surface area contributed by atoms with Gasteiger partial charge in [0, 0.05) is 40.1 Å². The van der Waals surface area contributed by atoms with Crippen LogP contribution in [-0.4, -0.2) is 25.1 Å². The van der Waals surface area contributed by atoms with Gasteiger partial charge in [-0.15, -0.1) is 0 Å². The Kier molecular flexibility index (Phi) is 6.62. The van der Waals surface area contributed by atoms with Gasteiger partial charge >= 0.3 is 0 Å². The molecule has 31 heavy (non-hydrogen) atoms. The number of amides is 1. The lowest BCUT2D eigenvalue weighted by Gasteiger charge is -2.47. The number of nitrogens with zero attached hydrogens (tertiary/aromatic N) is 2. The third-order valence-electron chi connectivity index (χ3n) is 5.82. The summed E-state index contributed by atoms with van der Waals surface area (Å²) in [5, 5.41) is 12.9. The summed E-state index contributed by atoms with van der Waals surface area (Å²) >= 11 is 5.89. The molecule has 1 aliphatic rings. The molecule has 0 saturated carbocycles. The Hall–Kier alpha value is -2.97. The molecular weight excluding hydrogens is 410 g/mol. The van der Waals surface area contributed by atoms with Crippen LogP contribution in [0.15, 0.2) is 42.0 Å². The van der Waals surface area contributed by atoms with E-state index in [0.29, 0.717) is 27.9 Å². The molecule has 3 rings (SSSR count). The summed E-state index contributed by atoms with van der Waals surface area (Å²) in [7, 11) is 1.60. The number of benzene rings is 2. The Morgan fingerprint density at radius 1 is 1.35 bits per heavy atom. The number of fused-ring (bicyclic) bond motifs is 1. The number of hydrogen-bond acceptors (Lipinski definition) is 4. The van der Waals surface area contributed by atoms with Crippen LogP contribution < -0.4 is 15.0 Å². The van der Waals surface area contributed by atoms with Crippen LogP contribution in [0.25, 0.3) is 6.08 Å². The first-order valence-electron chi connectivity index (χ1n) is 10.4. The average molecular weight is 438 g/mol. The van der Waals surface area contributed by atoms with Gasteiger partial charge in [-0.05, 0) is 75.1 Å². The Morgan fingerprint density at radius 3 is 2.61 bits per heavy atom. The summed E-state index contributed by atoms with van der Waals surface area (Å²) in [5.74, 6) is 0.502. The number of carbonyl (C=O) groups is 1. The van der Waals surface area contributed by atoms with Crippen LogP contribution in [0.1, 0.15) is 51.2 Å². The van der Waals surface area contributed by atoms with Gasteiger partial charge in [0.05, 0.1) is 7.11 Å². The van der Waals surface area contributed by atoms with Gasteiger partial charge < -0.3 is 15.0 Å². The lowest BCUT2D eigenvalue weighted by Crippen LogP contribution is -2.48. The second kappa shape index (κ2) is 9.03. The predicted octanol–water partition coefficient (Wildman–Crippen LogP) is 6.01. The maximum absolute atomic E-state index is 12.7. The molecule has 1 heterocycles. The number of ether oxygens (including phenoxy) is 1. The second-order valence-electron chi connectivity index (χ2n) is 8.45. The first-order valence-corrected chi connectivity index (χ1v) is 10.8. The molecule has 6 heteroatoms. The molecule has 0 aliphatic carbocycles. The topological polar surface area (TPSA) is 65.4 Å². The van der Waals surface area contributed by atoms with Crippen LogP contribution in [-0.2, 0) is 4.79 Å². The molecule has 0 aromatic heterocycles. The van der Waals surface area contributed by atoms with E-state index in [1.165, 1.54) is 5.56 Å². The van der Waals surface area contributed by atoms with Crippen LogP contribution in [0.4, 0.5) is 11.4 Å². The molecule has 1 unspecified atom stereocenters. The van der Waals surface area contributed by atoms with Crippen molar-refractivity contribution in [3.63, 3.8) is 0 Å². The van der Waals surface area contributed by atoms with E-state index in [4.69, 9.17) is 16.3 Å². The van der Waals surface area contributed by atoms with Gasteiger partial charge in [-0.1, -0.05) is 18.5 Å². The molecule has 0 bridgehead atoms. The number of methoxy groups -OCH3 is 1. The summed E-state index contributed by atoms with van der Waals surface area (Å²) in [6.07, 6.45) is 2.61. The van der Waals surface area contributed by atoms with Gasteiger partial charge in [0.1, 0.15) is 17.4 Å². The van der Waals surface area contributed by atoms with Crippen molar-refractivity contribution in [2.24, 2.45) is 0 Å². The second-order valence-corrected chi connectivity index (χ2v) is 8.88. The van der Waals surface area contributed by atoms with Crippen LogP contribution in [0.3, 0.4) is 0 Å². The van der Waals surface area contributed by atoms with Crippen LogP contribution in [0.2, 0.25) is 5.02 Å². The molecule has 162 valence electrons. The van der Waals surface area contributed by atoms with Crippen LogP contribution in [0.5, 0.6) is 5.75 Å². The maximum atomic E-state index is 12.7. The van der Waals surface area contributed by atoms with Gasteiger partial charge in [0.25, 0.3) is 5.91 Å². The highest BCUT2D eigenvalue weighted by atomic mass is 35.5. The van der Waals surface area contributed by atoms with E-state index in [1.54, 1.807) is 37.5 Å². The van der Waals surface area contributed by atoms with E-state index in [1.807, 2.05) is 18.2 Å². The Morgan fingerprint density at radius 2 is 2.03 bits per heavy atom. The van der Waals surface area contributed by atoms with Crippen molar-refractivity contribution in [1.29, 1.82) is 5.26 Å². The molecule has 5 nitrogen and oxygen atoms in total. The highest BCUT2D eigenvalue weighted by Crippen LogP contribution is 2.45. The number of halogens is 1. The number of nitriles is 1. The zero-order chi connectivity index (χ0) is 22.8. The Balaban J connectivity index is 2.00. The smallest absolute Gasteiger partial charge is 0.266 e. The number of rotatable bonds is 5. The molecule has 2 aromatic rings. The Labute approximate surface area is 189 Å². The van der Waals surface area contributed by atoms with Gasteiger partial charge in [-0.3, -0.25) is 4.79 Å². The zero-order valence-corrected chi connectivity index (χ0v) is 19.4. The van der Waals surface area contributed by atoms with Gasteiger partial charge in [-0.2, -0.15) is 5.26 Å². The average Bonchev–Trinajstić information content (AvgIpc) is 2.72. The maximum Gasteiger partial charge on any atom is 0.266 e. The fourth-order valence-electron chi connectivity index (χ4n) is 4.45. The molecule has 2 aromatic carbocycles. The molecule has 0 saturated heterocycles.